The zero-order valence-electron chi connectivity index (χ0n) is 12.2. The van der Waals surface area contributed by atoms with Gasteiger partial charge < -0.3 is 24.9 Å². The molecule has 4 unspecified atom stereocenters. The maximum Gasteiger partial charge on any atom is 0.326 e. The Morgan fingerprint density at radius 2 is 1.85 bits per heavy atom. The number of likely N-dealkylation sites (tertiary alicyclic amines) is 2. The van der Waals surface area contributed by atoms with Gasteiger partial charge in [-0.3, -0.25) is 0 Å². The van der Waals surface area contributed by atoms with Crippen molar-refractivity contribution in [3.63, 3.8) is 0 Å². The second kappa shape index (κ2) is 5.57. The average molecular weight is 285 g/mol. The summed E-state index contributed by atoms with van der Waals surface area (Å²) in [6.07, 6.45) is -0.633. The molecule has 7 heteroatoms. The fraction of sp³-hybridized carbons (Fsp3) is 0.846. The zero-order chi connectivity index (χ0) is 15.0. The Morgan fingerprint density at radius 3 is 2.35 bits per heavy atom. The monoisotopic (exact) mass is 285 g/mol. The first kappa shape index (κ1) is 15.1. The first-order valence-corrected chi connectivity index (χ1v) is 6.94. The molecule has 20 heavy (non-hydrogen) atoms. The predicted molar refractivity (Wildman–Crippen MR) is 72.4 cm³/mol. The van der Waals surface area contributed by atoms with Crippen LogP contribution in [0.5, 0.6) is 0 Å². The number of urea groups is 1. The molecule has 2 saturated heterocycles. The molecule has 0 aliphatic carbocycles. The number of aliphatic hydroxyl groups is 1. The highest BCUT2D eigenvalue weighted by atomic mass is 16.4. The third-order valence-corrected chi connectivity index (χ3v) is 4.32. The second-order valence-corrected chi connectivity index (χ2v) is 6.09. The molecule has 2 aliphatic heterocycles. The van der Waals surface area contributed by atoms with Crippen LogP contribution < -0.4 is 0 Å². The Morgan fingerprint density at radius 1 is 1.20 bits per heavy atom. The van der Waals surface area contributed by atoms with Crippen LogP contribution in [0.15, 0.2) is 0 Å². The molecule has 0 saturated carbocycles. The number of nitrogens with zero attached hydrogens (tertiary/aromatic N) is 3. The smallest absolute Gasteiger partial charge is 0.326 e. The summed E-state index contributed by atoms with van der Waals surface area (Å²) in [5, 5.41) is 18.8. The molecule has 2 rings (SSSR count). The molecule has 2 aliphatic rings. The number of rotatable bonds is 2. The molecule has 2 heterocycles. The topological polar surface area (TPSA) is 84.3 Å². The van der Waals surface area contributed by atoms with Crippen LogP contribution in [0.4, 0.5) is 4.79 Å². The quantitative estimate of drug-likeness (QED) is 0.715. The van der Waals surface area contributed by atoms with Crippen LogP contribution >= 0.6 is 0 Å². The van der Waals surface area contributed by atoms with Gasteiger partial charge in [0.25, 0.3) is 0 Å². The van der Waals surface area contributed by atoms with Gasteiger partial charge in [-0.05, 0) is 20.0 Å². The van der Waals surface area contributed by atoms with Gasteiger partial charge >= 0.3 is 12.0 Å². The molecule has 2 amide bonds. The van der Waals surface area contributed by atoms with Crippen LogP contribution in [-0.4, -0.2) is 88.8 Å². The number of hydrogen-bond donors (Lipinski definition) is 2. The minimum Gasteiger partial charge on any atom is -0.480 e. The molecule has 0 spiro atoms. The fourth-order valence-electron chi connectivity index (χ4n) is 3.22. The summed E-state index contributed by atoms with van der Waals surface area (Å²) in [6.45, 7) is 3.42. The van der Waals surface area contributed by atoms with E-state index in [1.807, 2.05) is 14.1 Å². The van der Waals surface area contributed by atoms with Gasteiger partial charge in [0, 0.05) is 32.1 Å². The molecule has 0 aromatic heterocycles. The highest BCUT2D eigenvalue weighted by Gasteiger charge is 2.43. The molecule has 0 aromatic rings. The molecule has 2 fully saturated rings. The van der Waals surface area contributed by atoms with Gasteiger partial charge in [-0.25, -0.2) is 9.59 Å². The summed E-state index contributed by atoms with van der Waals surface area (Å²) in [7, 11) is 3.96. The molecule has 7 nitrogen and oxygen atoms in total. The van der Waals surface area contributed by atoms with Crippen molar-refractivity contribution in [1.82, 2.24) is 14.7 Å². The number of likely N-dealkylation sites (N-methyl/N-ethyl adjacent to an activating group) is 1. The highest BCUT2D eigenvalue weighted by molar-refractivity contribution is 5.83. The van der Waals surface area contributed by atoms with Crippen LogP contribution in [0.3, 0.4) is 0 Å². The Balaban J connectivity index is 2.06. The van der Waals surface area contributed by atoms with E-state index in [1.165, 1.54) is 4.90 Å². The van der Waals surface area contributed by atoms with Crippen molar-refractivity contribution in [2.45, 2.75) is 31.5 Å². The zero-order valence-corrected chi connectivity index (χ0v) is 12.2. The summed E-state index contributed by atoms with van der Waals surface area (Å²) < 4.78 is 0. The second-order valence-electron chi connectivity index (χ2n) is 6.09. The van der Waals surface area contributed by atoms with Crippen molar-refractivity contribution < 1.29 is 19.8 Å². The molecule has 0 aromatic carbocycles. The molecular weight excluding hydrogens is 262 g/mol. The minimum absolute atomic E-state index is 0.104. The van der Waals surface area contributed by atoms with Gasteiger partial charge in [0.2, 0.25) is 0 Å². The number of β-amino-alcohol motifs (C(OH)–C–C–N with tert-alkyl or cyclic N) is 1. The number of amides is 2. The molecule has 0 radical (unpaired) electrons. The van der Waals surface area contributed by atoms with Gasteiger partial charge in [0.15, 0.2) is 0 Å². The SMILES string of the molecule is CC1CN(C(=O)N2CC(O)CC2C(=O)O)CC1N(C)C. The van der Waals surface area contributed by atoms with Gasteiger partial charge in [0.05, 0.1) is 6.10 Å². The molecule has 0 bridgehead atoms. The van der Waals surface area contributed by atoms with Crippen molar-refractivity contribution in [1.29, 1.82) is 0 Å². The van der Waals surface area contributed by atoms with Crippen LogP contribution in [0.1, 0.15) is 13.3 Å². The Labute approximate surface area is 118 Å². The van der Waals surface area contributed by atoms with Crippen LogP contribution in [0, 0.1) is 5.92 Å². The molecule has 4 atom stereocenters. The van der Waals surface area contributed by atoms with E-state index in [2.05, 4.69) is 11.8 Å². The summed E-state index contributed by atoms with van der Waals surface area (Å²) >= 11 is 0. The van der Waals surface area contributed by atoms with Crippen molar-refractivity contribution in [2.24, 2.45) is 5.92 Å². The fourth-order valence-corrected chi connectivity index (χ4v) is 3.22. The maximum atomic E-state index is 12.5. The standard InChI is InChI=1S/C13H23N3O4/c1-8-5-15(7-11(8)14(2)3)13(20)16-6-9(17)4-10(16)12(18)19/h8-11,17H,4-7H2,1-3H3,(H,18,19). The molecule has 114 valence electrons. The van der Waals surface area contributed by atoms with Crippen molar-refractivity contribution in [2.75, 3.05) is 33.7 Å². The van der Waals surface area contributed by atoms with Crippen LogP contribution in [0.2, 0.25) is 0 Å². The number of aliphatic carboxylic acids is 1. The van der Waals surface area contributed by atoms with E-state index >= 15 is 0 Å². The van der Waals surface area contributed by atoms with Gasteiger partial charge in [0.1, 0.15) is 6.04 Å². The first-order chi connectivity index (χ1) is 9.31. The normalized spacial score (nSPS) is 34.0. The number of carboxylic acid groups (broad SMARTS) is 1. The highest BCUT2D eigenvalue weighted by Crippen LogP contribution is 2.25. The lowest BCUT2D eigenvalue weighted by Crippen LogP contribution is -2.48. The lowest BCUT2D eigenvalue weighted by Gasteiger charge is -2.28. The summed E-state index contributed by atoms with van der Waals surface area (Å²) in [6, 6.07) is -0.897. The van der Waals surface area contributed by atoms with E-state index in [-0.39, 0.29) is 25.0 Å². The number of carbonyl (C=O) groups is 2. The largest absolute Gasteiger partial charge is 0.480 e. The molecular formula is C13H23N3O4. The number of hydrogen-bond acceptors (Lipinski definition) is 4. The lowest BCUT2D eigenvalue weighted by atomic mass is 10.1. The summed E-state index contributed by atoms with van der Waals surface area (Å²) in [5.74, 6) is -0.698. The Bertz CT molecular complexity index is 401. The Hall–Kier alpha value is -1.34. The minimum atomic E-state index is -1.05. The maximum absolute atomic E-state index is 12.5. The van der Waals surface area contributed by atoms with Crippen molar-refractivity contribution in [3.8, 4) is 0 Å². The third-order valence-electron chi connectivity index (χ3n) is 4.32. The third kappa shape index (κ3) is 2.73. The van der Waals surface area contributed by atoms with E-state index in [0.29, 0.717) is 19.0 Å². The van der Waals surface area contributed by atoms with Gasteiger partial charge in [-0.15, -0.1) is 0 Å². The summed E-state index contributed by atoms with van der Waals surface area (Å²) in [5.41, 5.74) is 0. The Kier molecular flexibility index (Phi) is 4.19. The van der Waals surface area contributed by atoms with E-state index in [1.54, 1.807) is 4.90 Å². The number of carboxylic acids is 1. The van der Waals surface area contributed by atoms with Gasteiger partial charge in [-0.2, -0.15) is 0 Å². The molecule has 2 N–H and O–H groups in total. The number of carbonyl (C=O) groups excluding carboxylic acids is 1. The first-order valence-electron chi connectivity index (χ1n) is 6.94. The van der Waals surface area contributed by atoms with Crippen LogP contribution in [0.25, 0.3) is 0 Å². The average Bonchev–Trinajstić information content (AvgIpc) is 2.91. The van der Waals surface area contributed by atoms with Crippen molar-refractivity contribution in [3.05, 3.63) is 0 Å². The van der Waals surface area contributed by atoms with Crippen LogP contribution in [-0.2, 0) is 4.79 Å². The van der Waals surface area contributed by atoms with E-state index < -0.39 is 18.1 Å². The van der Waals surface area contributed by atoms with E-state index in [0.717, 1.165) is 0 Å². The van der Waals surface area contributed by atoms with Gasteiger partial charge in [-0.1, -0.05) is 6.92 Å². The summed E-state index contributed by atoms with van der Waals surface area (Å²) in [4.78, 5) is 28.7. The van der Waals surface area contributed by atoms with E-state index in [4.69, 9.17) is 5.11 Å². The van der Waals surface area contributed by atoms with E-state index in [9.17, 15) is 14.7 Å². The van der Waals surface area contributed by atoms with Crippen molar-refractivity contribution >= 4 is 12.0 Å². The predicted octanol–water partition coefficient (Wildman–Crippen LogP) is -0.492. The number of aliphatic hydroxyl groups excluding tert-OH is 1. The lowest BCUT2D eigenvalue weighted by molar-refractivity contribution is -0.141.